The van der Waals surface area contributed by atoms with Crippen LogP contribution in [0.1, 0.15) is 27.9 Å². The molecule has 0 bridgehead atoms. The van der Waals surface area contributed by atoms with Crippen molar-refractivity contribution in [3.63, 3.8) is 0 Å². The van der Waals surface area contributed by atoms with Crippen LogP contribution in [-0.2, 0) is 22.6 Å². The maximum absolute atomic E-state index is 14.2. The van der Waals surface area contributed by atoms with Crippen LogP contribution in [0.3, 0.4) is 0 Å². The molecule has 0 heterocycles. The second-order valence-electron chi connectivity index (χ2n) is 12.5. The van der Waals surface area contributed by atoms with E-state index in [1.54, 1.807) is 20.2 Å². The summed E-state index contributed by atoms with van der Waals surface area (Å²) < 4.78 is 0. The number of aromatic hydroxyl groups is 1. The molecular formula is C34H35N3O7. The van der Waals surface area contributed by atoms with E-state index in [4.69, 9.17) is 5.73 Å². The van der Waals surface area contributed by atoms with E-state index in [9.17, 15) is 34.8 Å². The number of hydrogen-bond acceptors (Lipinski definition) is 9. The number of benzene rings is 3. The molecule has 3 aromatic rings. The first kappa shape index (κ1) is 29.6. The number of carbonyl (C=O) groups is 3. The molecule has 0 fully saturated rings. The van der Waals surface area contributed by atoms with Crippen molar-refractivity contribution >= 4 is 28.2 Å². The SMILES string of the molecule is CN(C)Cc1ccc(-c2ccc(O)c3c2C[C@H]2C[C@H]4[C@@H](N(C)C)C(O)=C(C(N)=O)C(=O)[C@@]4(O)C(O)=C2C3=O)c2ccccc12. The van der Waals surface area contributed by atoms with Crippen LogP contribution in [0.25, 0.3) is 21.9 Å². The van der Waals surface area contributed by atoms with Crippen LogP contribution in [-0.4, -0.2) is 87.5 Å². The number of amides is 1. The average molecular weight is 598 g/mol. The minimum absolute atomic E-state index is 0.00951. The number of allylic oxidation sites excluding steroid dienone is 1. The Morgan fingerprint density at radius 1 is 0.955 bits per heavy atom. The molecule has 1 amide bonds. The van der Waals surface area contributed by atoms with Crippen molar-refractivity contribution in [2.45, 2.75) is 31.0 Å². The lowest BCUT2D eigenvalue weighted by molar-refractivity contribution is -0.148. The first-order valence-corrected chi connectivity index (χ1v) is 14.4. The summed E-state index contributed by atoms with van der Waals surface area (Å²) in [6.45, 7) is 0.733. The van der Waals surface area contributed by atoms with Gasteiger partial charge in [-0.05, 0) is 86.0 Å². The van der Waals surface area contributed by atoms with Gasteiger partial charge in [-0.1, -0.05) is 42.5 Å². The lowest BCUT2D eigenvalue weighted by Crippen LogP contribution is -2.63. The van der Waals surface area contributed by atoms with Gasteiger partial charge >= 0.3 is 0 Å². The molecule has 0 aliphatic heterocycles. The molecule has 0 aromatic heterocycles. The number of ketones is 2. The van der Waals surface area contributed by atoms with Crippen LogP contribution >= 0.6 is 0 Å². The van der Waals surface area contributed by atoms with E-state index in [1.165, 1.54) is 11.0 Å². The smallest absolute Gasteiger partial charge is 0.255 e. The Morgan fingerprint density at radius 2 is 1.61 bits per heavy atom. The summed E-state index contributed by atoms with van der Waals surface area (Å²) >= 11 is 0. The van der Waals surface area contributed by atoms with Crippen molar-refractivity contribution in [2.75, 3.05) is 28.2 Å². The third-order valence-corrected chi connectivity index (χ3v) is 9.40. The number of phenolic OH excluding ortho intramolecular Hbond substituents is 1. The maximum atomic E-state index is 14.2. The predicted molar refractivity (Wildman–Crippen MR) is 164 cm³/mol. The van der Waals surface area contributed by atoms with Gasteiger partial charge in [0.05, 0.1) is 11.6 Å². The van der Waals surface area contributed by atoms with E-state index in [2.05, 4.69) is 17.0 Å². The molecule has 6 rings (SSSR count). The van der Waals surface area contributed by atoms with E-state index in [0.717, 1.165) is 34.0 Å². The fourth-order valence-electron chi connectivity index (χ4n) is 7.58. The molecule has 4 atom stereocenters. The van der Waals surface area contributed by atoms with Gasteiger partial charge in [-0.2, -0.15) is 0 Å². The van der Waals surface area contributed by atoms with Crippen molar-refractivity contribution in [2.24, 2.45) is 17.6 Å². The van der Waals surface area contributed by atoms with Crippen LogP contribution in [0.2, 0.25) is 0 Å². The largest absolute Gasteiger partial charge is 0.510 e. The average Bonchev–Trinajstić information content (AvgIpc) is 2.95. The Morgan fingerprint density at radius 3 is 2.25 bits per heavy atom. The topological polar surface area (TPSA) is 165 Å². The van der Waals surface area contributed by atoms with E-state index in [1.807, 2.05) is 38.4 Å². The second-order valence-corrected chi connectivity index (χ2v) is 12.5. The number of aliphatic hydroxyl groups is 3. The number of phenols is 1. The van der Waals surface area contributed by atoms with Crippen molar-refractivity contribution in [1.29, 1.82) is 0 Å². The van der Waals surface area contributed by atoms with Crippen molar-refractivity contribution < 1.29 is 34.8 Å². The highest BCUT2D eigenvalue weighted by atomic mass is 16.3. The Hall–Kier alpha value is -4.51. The normalized spacial score (nSPS) is 25.0. The molecule has 3 aromatic carbocycles. The molecular weight excluding hydrogens is 562 g/mol. The van der Waals surface area contributed by atoms with Gasteiger partial charge in [0.2, 0.25) is 5.78 Å². The Labute approximate surface area is 254 Å². The molecule has 0 unspecified atom stereocenters. The highest BCUT2D eigenvalue weighted by Crippen LogP contribution is 2.53. The number of nitrogens with zero attached hydrogens (tertiary/aromatic N) is 2. The van der Waals surface area contributed by atoms with Gasteiger partial charge in [-0.25, -0.2) is 0 Å². The molecule has 10 nitrogen and oxygen atoms in total. The Kier molecular flexibility index (Phi) is 6.92. The molecule has 228 valence electrons. The van der Waals surface area contributed by atoms with Crippen molar-refractivity contribution in [3.8, 4) is 16.9 Å². The number of hydrogen-bond donors (Lipinski definition) is 5. The summed E-state index contributed by atoms with van der Waals surface area (Å²) in [5.41, 5.74) is 5.09. The van der Waals surface area contributed by atoms with Gasteiger partial charge < -0.3 is 31.1 Å². The zero-order valence-electron chi connectivity index (χ0n) is 25.0. The molecule has 0 saturated heterocycles. The van der Waals surface area contributed by atoms with Crippen LogP contribution in [0, 0.1) is 11.8 Å². The number of carbonyl (C=O) groups excluding carboxylic acids is 3. The second kappa shape index (κ2) is 10.3. The van der Waals surface area contributed by atoms with Gasteiger partial charge in [0, 0.05) is 18.0 Å². The summed E-state index contributed by atoms with van der Waals surface area (Å²) in [5, 5.41) is 47.4. The summed E-state index contributed by atoms with van der Waals surface area (Å²) in [4.78, 5) is 43.5. The van der Waals surface area contributed by atoms with Gasteiger partial charge in [-0.15, -0.1) is 0 Å². The van der Waals surface area contributed by atoms with Gasteiger partial charge in [0.1, 0.15) is 22.8 Å². The van der Waals surface area contributed by atoms with E-state index >= 15 is 0 Å². The zero-order chi connectivity index (χ0) is 31.8. The zero-order valence-corrected chi connectivity index (χ0v) is 25.0. The molecule has 0 spiro atoms. The lowest BCUT2D eigenvalue weighted by atomic mass is 9.58. The molecule has 0 radical (unpaired) electrons. The van der Waals surface area contributed by atoms with Crippen LogP contribution in [0.5, 0.6) is 5.75 Å². The molecule has 6 N–H and O–H groups in total. The van der Waals surface area contributed by atoms with Gasteiger partial charge in [-0.3, -0.25) is 19.3 Å². The Bertz CT molecular complexity index is 1840. The number of fused-ring (bicyclic) bond motifs is 4. The summed E-state index contributed by atoms with van der Waals surface area (Å²) in [6.07, 6.45) is 0.245. The molecule has 3 aliphatic carbocycles. The third kappa shape index (κ3) is 4.09. The minimum atomic E-state index is -2.67. The first-order valence-electron chi connectivity index (χ1n) is 14.4. The van der Waals surface area contributed by atoms with E-state index in [0.29, 0.717) is 5.56 Å². The standard InChI is InChI=1S/C34H35N3O7/c1-36(2)15-16-9-10-20(19-8-6-5-7-18(16)19)21-11-12-24(38)26-22(21)13-17-14-23-28(37(3)4)30(40)27(33(35)43)32(42)34(23,44)31(41)25(17)29(26)39/h5-12,17,23,28,38,40-41,44H,13-15H2,1-4H3,(H2,35,43)/t17-,23-,28+,34-/m0/s1. The fourth-order valence-corrected chi connectivity index (χ4v) is 7.58. The lowest BCUT2D eigenvalue weighted by Gasteiger charge is -2.50. The molecule has 44 heavy (non-hydrogen) atoms. The summed E-state index contributed by atoms with van der Waals surface area (Å²) in [6, 6.07) is 14.2. The number of aliphatic hydroxyl groups excluding tert-OH is 2. The minimum Gasteiger partial charge on any atom is -0.510 e. The highest BCUT2D eigenvalue weighted by Gasteiger charge is 2.63. The number of primary amides is 1. The van der Waals surface area contributed by atoms with Crippen LogP contribution in [0.4, 0.5) is 0 Å². The number of rotatable bonds is 5. The van der Waals surface area contributed by atoms with Crippen molar-refractivity contribution in [3.05, 3.63) is 87.9 Å². The highest BCUT2D eigenvalue weighted by molar-refractivity contribution is 6.25. The van der Waals surface area contributed by atoms with Crippen LogP contribution < -0.4 is 5.73 Å². The fraction of sp³-hybridized carbons (Fsp3) is 0.324. The predicted octanol–water partition coefficient (Wildman–Crippen LogP) is 3.00. The summed E-state index contributed by atoms with van der Waals surface area (Å²) in [7, 11) is 7.21. The quantitative estimate of drug-likeness (QED) is 0.278. The van der Waals surface area contributed by atoms with Crippen molar-refractivity contribution in [1.82, 2.24) is 9.80 Å². The first-order chi connectivity index (χ1) is 20.8. The van der Waals surface area contributed by atoms with Gasteiger partial charge in [0.15, 0.2) is 11.4 Å². The molecule has 0 saturated carbocycles. The summed E-state index contributed by atoms with van der Waals surface area (Å²) in [5.74, 6) is -6.70. The number of likely N-dealkylation sites (N-methyl/N-ethyl adjacent to an activating group) is 1. The monoisotopic (exact) mass is 597 g/mol. The molecule has 3 aliphatic rings. The van der Waals surface area contributed by atoms with E-state index < -0.39 is 58.0 Å². The van der Waals surface area contributed by atoms with Crippen LogP contribution in [0.15, 0.2) is 71.2 Å². The van der Waals surface area contributed by atoms with Gasteiger partial charge in [0.25, 0.3) is 5.91 Å². The Balaban J connectivity index is 1.55. The number of nitrogens with two attached hydrogens (primary N) is 1. The molecule has 10 heteroatoms. The third-order valence-electron chi connectivity index (χ3n) is 9.40. The van der Waals surface area contributed by atoms with E-state index in [-0.39, 0.29) is 29.7 Å². The number of Topliss-reactive ketones (excluding diaryl/α,β-unsaturated/α-hetero) is 2. The maximum Gasteiger partial charge on any atom is 0.255 e.